The first kappa shape index (κ1) is 13.3. The summed E-state index contributed by atoms with van der Waals surface area (Å²) in [4.78, 5) is 2.50. The van der Waals surface area contributed by atoms with Gasteiger partial charge in [-0.2, -0.15) is 0 Å². The van der Waals surface area contributed by atoms with Gasteiger partial charge in [-0.1, -0.05) is 12.1 Å². The smallest absolute Gasteiger partial charge is 0.140 e. The van der Waals surface area contributed by atoms with Gasteiger partial charge in [-0.05, 0) is 39.0 Å². The fraction of sp³-hybridized carbons (Fsp3) is 0.917. The minimum absolute atomic E-state index is 0.341. The van der Waals surface area contributed by atoms with Crippen LogP contribution < -0.4 is 5.73 Å². The predicted octanol–water partition coefficient (Wildman–Crippen LogP) is 2.02. The molecule has 1 rings (SSSR count). The Labute approximate surface area is 98.5 Å². The van der Waals surface area contributed by atoms with E-state index in [1.54, 1.807) is 0 Å². The molecule has 0 bridgehead atoms. The highest BCUT2D eigenvalue weighted by molar-refractivity contribution is 5.80. The Bertz CT molecular complexity index is 236. The number of rotatable bonds is 7. The molecule has 0 aromatic heterocycles. The van der Waals surface area contributed by atoms with Crippen LogP contribution in [-0.4, -0.2) is 34.6 Å². The van der Waals surface area contributed by atoms with Crippen molar-refractivity contribution >= 4 is 5.84 Å². The van der Waals surface area contributed by atoms with E-state index in [-0.39, 0.29) is 0 Å². The van der Waals surface area contributed by atoms with Gasteiger partial charge in [0.1, 0.15) is 5.84 Å². The zero-order chi connectivity index (χ0) is 12.1. The molecular formula is C12H25N3O. The lowest BCUT2D eigenvalue weighted by molar-refractivity contribution is 0.144. The van der Waals surface area contributed by atoms with E-state index < -0.39 is 0 Å². The molecule has 4 heteroatoms. The lowest BCUT2D eigenvalue weighted by atomic mass is 10.1. The molecule has 1 atom stereocenters. The van der Waals surface area contributed by atoms with E-state index in [0.29, 0.717) is 24.3 Å². The van der Waals surface area contributed by atoms with Gasteiger partial charge in [0.15, 0.2) is 0 Å². The molecule has 0 saturated heterocycles. The van der Waals surface area contributed by atoms with Crippen molar-refractivity contribution in [1.29, 1.82) is 0 Å². The highest BCUT2D eigenvalue weighted by Crippen LogP contribution is 2.31. The summed E-state index contributed by atoms with van der Waals surface area (Å²) in [7, 11) is 0. The second kappa shape index (κ2) is 6.09. The van der Waals surface area contributed by atoms with Crippen molar-refractivity contribution in [2.45, 2.75) is 58.5 Å². The second-order valence-electron chi connectivity index (χ2n) is 5.09. The van der Waals surface area contributed by atoms with Gasteiger partial charge in [0.25, 0.3) is 0 Å². The van der Waals surface area contributed by atoms with Crippen LogP contribution in [0, 0.1) is 5.92 Å². The molecule has 0 radical (unpaired) electrons. The third-order valence-electron chi connectivity index (χ3n) is 3.34. The van der Waals surface area contributed by atoms with E-state index in [2.05, 4.69) is 30.8 Å². The zero-order valence-corrected chi connectivity index (χ0v) is 10.7. The number of amidine groups is 1. The van der Waals surface area contributed by atoms with Crippen LogP contribution >= 0.6 is 0 Å². The second-order valence-corrected chi connectivity index (χ2v) is 5.09. The predicted molar refractivity (Wildman–Crippen MR) is 66.7 cm³/mol. The molecule has 1 unspecified atom stereocenters. The van der Waals surface area contributed by atoms with Crippen molar-refractivity contribution in [2.24, 2.45) is 16.8 Å². The van der Waals surface area contributed by atoms with Crippen molar-refractivity contribution in [3.8, 4) is 0 Å². The van der Waals surface area contributed by atoms with Crippen LogP contribution in [0.2, 0.25) is 0 Å². The molecule has 1 saturated carbocycles. The fourth-order valence-corrected chi connectivity index (χ4v) is 2.16. The minimum atomic E-state index is 0.341. The third kappa shape index (κ3) is 4.00. The van der Waals surface area contributed by atoms with E-state index in [1.807, 2.05) is 0 Å². The quantitative estimate of drug-likeness (QED) is 0.303. The topological polar surface area (TPSA) is 61.9 Å². The molecule has 3 N–H and O–H groups in total. The monoisotopic (exact) mass is 227 g/mol. The summed E-state index contributed by atoms with van der Waals surface area (Å²) in [5.41, 5.74) is 5.61. The van der Waals surface area contributed by atoms with Crippen LogP contribution in [0.5, 0.6) is 0 Å². The molecule has 1 aliphatic rings. The van der Waals surface area contributed by atoms with Crippen LogP contribution in [0.25, 0.3) is 0 Å². The molecule has 0 aromatic carbocycles. The van der Waals surface area contributed by atoms with Crippen molar-refractivity contribution in [3.63, 3.8) is 0 Å². The molecule has 0 aromatic rings. The van der Waals surface area contributed by atoms with E-state index >= 15 is 0 Å². The first-order valence-corrected chi connectivity index (χ1v) is 6.30. The molecule has 94 valence electrons. The zero-order valence-electron chi connectivity index (χ0n) is 10.7. The highest BCUT2D eigenvalue weighted by Gasteiger charge is 2.29. The molecule has 1 aliphatic carbocycles. The lowest BCUT2D eigenvalue weighted by Crippen LogP contribution is -2.43. The molecule has 4 nitrogen and oxygen atoms in total. The summed E-state index contributed by atoms with van der Waals surface area (Å²) in [6.07, 6.45) is 4.44. The molecule has 1 fully saturated rings. The first-order valence-electron chi connectivity index (χ1n) is 6.30. The van der Waals surface area contributed by atoms with Gasteiger partial charge in [-0.25, -0.2) is 0 Å². The van der Waals surface area contributed by atoms with Crippen molar-refractivity contribution in [2.75, 3.05) is 6.54 Å². The van der Waals surface area contributed by atoms with E-state index in [1.165, 1.54) is 12.8 Å². The normalized spacial score (nSPS) is 19.4. The molecular weight excluding hydrogens is 202 g/mol. The molecule has 0 spiro atoms. The van der Waals surface area contributed by atoms with Gasteiger partial charge >= 0.3 is 0 Å². The summed E-state index contributed by atoms with van der Waals surface area (Å²) < 4.78 is 0. The first-order chi connectivity index (χ1) is 7.58. The van der Waals surface area contributed by atoms with Crippen LogP contribution in [0.4, 0.5) is 0 Å². The molecule has 0 aliphatic heterocycles. The number of nitrogens with zero attached hydrogens (tertiary/aromatic N) is 2. The molecule has 16 heavy (non-hydrogen) atoms. The average molecular weight is 227 g/mol. The highest BCUT2D eigenvalue weighted by atomic mass is 16.4. The van der Waals surface area contributed by atoms with E-state index in [9.17, 15) is 0 Å². The Morgan fingerprint density at radius 3 is 2.50 bits per heavy atom. The van der Waals surface area contributed by atoms with Gasteiger partial charge < -0.3 is 10.9 Å². The Hall–Kier alpha value is -0.770. The maximum Gasteiger partial charge on any atom is 0.140 e. The van der Waals surface area contributed by atoms with Gasteiger partial charge in [0.05, 0.1) is 0 Å². The maximum absolute atomic E-state index is 8.64. The summed E-state index contributed by atoms with van der Waals surface area (Å²) in [5.74, 6) is 1.22. The Kier molecular flexibility index (Phi) is 5.06. The molecule has 0 heterocycles. The summed E-state index contributed by atoms with van der Waals surface area (Å²) in [6, 6.07) is 0.925. The summed E-state index contributed by atoms with van der Waals surface area (Å²) in [5, 5.41) is 11.7. The van der Waals surface area contributed by atoms with Crippen LogP contribution in [0.3, 0.4) is 0 Å². The number of oxime groups is 1. The van der Waals surface area contributed by atoms with Crippen LogP contribution in [0.1, 0.15) is 46.5 Å². The Balaban J connectivity index is 2.56. The summed E-state index contributed by atoms with van der Waals surface area (Å²) in [6.45, 7) is 7.76. The van der Waals surface area contributed by atoms with Crippen molar-refractivity contribution in [3.05, 3.63) is 0 Å². The SMILES string of the molecule is CCC(CC(N)=NO)N(CC1CC1)C(C)C. The maximum atomic E-state index is 8.64. The Morgan fingerprint density at radius 2 is 2.12 bits per heavy atom. The number of nitrogens with two attached hydrogens (primary N) is 1. The van der Waals surface area contributed by atoms with E-state index in [0.717, 1.165) is 18.9 Å². The third-order valence-corrected chi connectivity index (χ3v) is 3.34. The minimum Gasteiger partial charge on any atom is -0.409 e. The fourth-order valence-electron chi connectivity index (χ4n) is 2.16. The molecule has 0 amide bonds. The standard InChI is InChI=1S/C12H25N3O/c1-4-11(7-12(13)14-16)15(9(2)3)8-10-5-6-10/h9-11,16H,4-8H2,1-3H3,(H2,13,14). The number of hydrogen-bond donors (Lipinski definition) is 2. The van der Waals surface area contributed by atoms with Gasteiger partial charge in [-0.15, -0.1) is 0 Å². The number of hydrogen-bond acceptors (Lipinski definition) is 3. The summed E-state index contributed by atoms with van der Waals surface area (Å²) >= 11 is 0. The van der Waals surface area contributed by atoms with Crippen molar-refractivity contribution in [1.82, 2.24) is 4.90 Å². The van der Waals surface area contributed by atoms with Crippen molar-refractivity contribution < 1.29 is 5.21 Å². The average Bonchev–Trinajstić information content (AvgIpc) is 3.06. The van der Waals surface area contributed by atoms with Crippen LogP contribution in [-0.2, 0) is 0 Å². The Morgan fingerprint density at radius 1 is 1.50 bits per heavy atom. The van der Waals surface area contributed by atoms with Gasteiger partial charge in [0.2, 0.25) is 0 Å². The van der Waals surface area contributed by atoms with Gasteiger partial charge in [-0.3, -0.25) is 4.90 Å². The largest absolute Gasteiger partial charge is 0.409 e. The van der Waals surface area contributed by atoms with E-state index in [4.69, 9.17) is 10.9 Å². The van der Waals surface area contributed by atoms with Gasteiger partial charge in [0, 0.05) is 25.0 Å². The van der Waals surface area contributed by atoms with Crippen LogP contribution in [0.15, 0.2) is 5.16 Å². The lowest BCUT2D eigenvalue weighted by Gasteiger charge is -2.34.